The van der Waals surface area contributed by atoms with Gasteiger partial charge in [-0.05, 0) is 69.4 Å². The van der Waals surface area contributed by atoms with Crippen molar-refractivity contribution in [2.75, 3.05) is 0 Å². The lowest BCUT2D eigenvalue weighted by Crippen LogP contribution is -2.15. The number of rotatable bonds is 4. The van der Waals surface area contributed by atoms with Crippen LogP contribution in [-0.4, -0.2) is 19.9 Å². The molecule has 1 aliphatic rings. The number of benzene rings is 7. The lowest BCUT2D eigenvalue weighted by Gasteiger charge is -2.21. The van der Waals surface area contributed by atoms with E-state index in [0.29, 0.717) is 17.5 Å². The molecule has 0 N–H and O–H groups in total. The first-order chi connectivity index (χ1) is 26.5. The van der Waals surface area contributed by atoms with Crippen molar-refractivity contribution in [1.82, 2.24) is 19.9 Å². The van der Waals surface area contributed by atoms with Gasteiger partial charge in [-0.1, -0.05) is 135 Å². The summed E-state index contributed by atoms with van der Waals surface area (Å²) in [5.74, 6) is 1.87. The van der Waals surface area contributed by atoms with E-state index in [1.807, 2.05) is 48.5 Å². The lowest BCUT2D eigenvalue weighted by atomic mass is 9.82. The normalized spacial score (nSPS) is 13.1. The molecule has 0 atom stereocenters. The largest absolute Gasteiger partial charge is 0.454 e. The highest BCUT2D eigenvalue weighted by atomic mass is 16.3. The summed E-state index contributed by atoms with van der Waals surface area (Å²) in [4.78, 5) is 20.5. The summed E-state index contributed by atoms with van der Waals surface area (Å²) in [7, 11) is 0. The Bertz CT molecular complexity index is 3140. The first kappa shape index (κ1) is 30.6. The number of hydrogen-bond acceptors (Lipinski definition) is 5. The van der Waals surface area contributed by atoms with E-state index in [9.17, 15) is 0 Å². The SMILES string of the molecule is CC1(C)c2ccccc2-c2ccc(-c3nc(-c4ccccc4)nc(-c4ccc5oc6c(-c7ccc8ccccc8c7)nc7ccccc7c6c5c4)n3)cc21. The van der Waals surface area contributed by atoms with E-state index in [-0.39, 0.29) is 5.41 Å². The average molecular weight is 693 g/mol. The predicted octanol–water partition coefficient (Wildman–Crippen LogP) is 12.4. The molecular weight excluding hydrogens is 661 g/mol. The van der Waals surface area contributed by atoms with E-state index in [1.165, 1.54) is 27.6 Å². The Balaban J connectivity index is 1.11. The zero-order chi connectivity index (χ0) is 36.0. The third-order valence-corrected chi connectivity index (χ3v) is 11.1. The number of fused-ring (bicyclic) bond motifs is 9. The van der Waals surface area contributed by atoms with Crippen LogP contribution in [0.1, 0.15) is 25.0 Å². The first-order valence-electron chi connectivity index (χ1n) is 18.3. The number of aromatic nitrogens is 4. The van der Waals surface area contributed by atoms with Crippen LogP contribution in [0.3, 0.4) is 0 Å². The molecule has 0 fully saturated rings. The Kier molecular flexibility index (Phi) is 6.53. The maximum atomic E-state index is 6.71. The smallest absolute Gasteiger partial charge is 0.164 e. The minimum Gasteiger partial charge on any atom is -0.454 e. The number of hydrogen-bond donors (Lipinski definition) is 0. The molecule has 0 unspecified atom stereocenters. The van der Waals surface area contributed by atoms with Gasteiger partial charge in [-0.25, -0.2) is 19.9 Å². The molecule has 0 aliphatic heterocycles. The van der Waals surface area contributed by atoms with Crippen molar-refractivity contribution >= 4 is 43.6 Å². The molecule has 3 aromatic heterocycles. The molecule has 0 saturated heterocycles. The van der Waals surface area contributed by atoms with E-state index in [2.05, 4.69) is 123 Å². The molecule has 5 heteroatoms. The Morgan fingerprint density at radius 1 is 0.444 bits per heavy atom. The fourth-order valence-corrected chi connectivity index (χ4v) is 8.35. The summed E-state index contributed by atoms with van der Waals surface area (Å²) in [6.45, 7) is 4.59. The van der Waals surface area contributed by atoms with Gasteiger partial charge in [0.25, 0.3) is 0 Å². The van der Waals surface area contributed by atoms with Crippen molar-refractivity contribution in [3.05, 3.63) is 169 Å². The summed E-state index contributed by atoms with van der Waals surface area (Å²) in [5, 5.41) is 5.40. The Labute approximate surface area is 311 Å². The number of furan rings is 1. The molecule has 1 aliphatic carbocycles. The number of nitrogens with zero attached hydrogens (tertiary/aromatic N) is 4. The highest BCUT2D eigenvalue weighted by Crippen LogP contribution is 2.49. The van der Waals surface area contributed by atoms with Gasteiger partial charge in [0.1, 0.15) is 11.3 Å². The second-order valence-electron chi connectivity index (χ2n) is 14.7. The van der Waals surface area contributed by atoms with Crippen LogP contribution in [0.25, 0.3) is 100 Å². The quantitative estimate of drug-likeness (QED) is 0.184. The second-order valence-corrected chi connectivity index (χ2v) is 14.7. The van der Waals surface area contributed by atoms with Crippen molar-refractivity contribution in [2.45, 2.75) is 19.3 Å². The van der Waals surface area contributed by atoms with Crippen LogP contribution < -0.4 is 0 Å². The molecule has 0 amide bonds. The second kappa shape index (κ2) is 11.5. The Morgan fingerprint density at radius 3 is 1.94 bits per heavy atom. The number of para-hydroxylation sites is 1. The van der Waals surface area contributed by atoms with Gasteiger partial charge in [0.15, 0.2) is 23.1 Å². The van der Waals surface area contributed by atoms with Gasteiger partial charge in [0.2, 0.25) is 0 Å². The average Bonchev–Trinajstić information content (AvgIpc) is 3.72. The van der Waals surface area contributed by atoms with Crippen molar-refractivity contribution in [1.29, 1.82) is 0 Å². The van der Waals surface area contributed by atoms with Gasteiger partial charge in [0, 0.05) is 43.8 Å². The maximum absolute atomic E-state index is 6.71. The summed E-state index contributed by atoms with van der Waals surface area (Å²) >= 11 is 0. The molecular formula is C49H32N4O. The van der Waals surface area contributed by atoms with Gasteiger partial charge in [-0.15, -0.1) is 0 Å². The van der Waals surface area contributed by atoms with Gasteiger partial charge >= 0.3 is 0 Å². The first-order valence-corrected chi connectivity index (χ1v) is 18.3. The summed E-state index contributed by atoms with van der Waals surface area (Å²) in [6, 6.07) is 54.9. The van der Waals surface area contributed by atoms with E-state index in [4.69, 9.17) is 24.4 Å². The Hall–Kier alpha value is -6.98. The van der Waals surface area contributed by atoms with Crippen molar-refractivity contribution < 1.29 is 4.42 Å². The van der Waals surface area contributed by atoms with E-state index < -0.39 is 0 Å². The molecule has 7 aromatic carbocycles. The number of pyridine rings is 1. The standard InChI is InChI=1S/C49H32N4O/c1-49(2)39-18-10-8-16-35(39)36-24-22-34(28-40(36)49)48-52-46(30-13-4-3-5-14-30)51-47(53-48)33-23-25-42-38(27-33)43-37-17-9-11-19-41(37)50-44(45(43)54-42)32-21-20-29-12-6-7-15-31(29)26-32/h3-28H,1-2H3. The van der Waals surface area contributed by atoms with E-state index in [1.54, 1.807) is 0 Å². The fourth-order valence-electron chi connectivity index (χ4n) is 8.35. The molecule has 11 rings (SSSR count). The summed E-state index contributed by atoms with van der Waals surface area (Å²) in [6.07, 6.45) is 0. The van der Waals surface area contributed by atoms with E-state index >= 15 is 0 Å². The van der Waals surface area contributed by atoms with Crippen LogP contribution in [0, 0.1) is 0 Å². The predicted molar refractivity (Wildman–Crippen MR) is 219 cm³/mol. The maximum Gasteiger partial charge on any atom is 0.164 e. The molecule has 10 aromatic rings. The highest BCUT2D eigenvalue weighted by Gasteiger charge is 2.35. The van der Waals surface area contributed by atoms with Crippen LogP contribution in [-0.2, 0) is 5.41 Å². The van der Waals surface area contributed by atoms with E-state index in [0.717, 1.165) is 66.2 Å². The lowest BCUT2D eigenvalue weighted by molar-refractivity contribution is 0.660. The van der Waals surface area contributed by atoms with Crippen molar-refractivity contribution in [3.8, 4) is 56.5 Å². The zero-order valence-electron chi connectivity index (χ0n) is 29.7. The van der Waals surface area contributed by atoms with Crippen molar-refractivity contribution in [2.24, 2.45) is 0 Å². The van der Waals surface area contributed by atoms with Crippen LogP contribution in [0.2, 0.25) is 0 Å². The van der Waals surface area contributed by atoms with Crippen LogP contribution in [0.4, 0.5) is 0 Å². The monoisotopic (exact) mass is 692 g/mol. The molecule has 254 valence electrons. The summed E-state index contributed by atoms with van der Waals surface area (Å²) in [5.41, 5.74) is 12.1. The third-order valence-electron chi connectivity index (χ3n) is 11.1. The fraction of sp³-hybridized carbons (Fsp3) is 0.0612. The summed E-state index contributed by atoms with van der Waals surface area (Å²) < 4.78 is 6.71. The van der Waals surface area contributed by atoms with Gasteiger partial charge in [-0.3, -0.25) is 0 Å². The third kappa shape index (κ3) is 4.65. The highest BCUT2D eigenvalue weighted by molar-refractivity contribution is 6.21. The Morgan fingerprint density at radius 2 is 1.09 bits per heavy atom. The van der Waals surface area contributed by atoms with Gasteiger partial charge in [-0.2, -0.15) is 0 Å². The van der Waals surface area contributed by atoms with Gasteiger partial charge in [0.05, 0.1) is 5.52 Å². The molecule has 0 saturated carbocycles. The van der Waals surface area contributed by atoms with Crippen LogP contribution in [0.5, 0.6) is 0 Å². The molecule has 0 bridgehead atoms. The van der Waals surface area contributed by atoms with Crippen molar-refractivity contribution in [3.63, 3.8) is 0 Å². The molecule has 54 heavy (non-hydrogen) atoms. The van der Waals surface area contributed by atoms with Gasteiger partial charge < -0.3 is 4.42 Å². The molecule has 3 heterocycles. The molecule has 5 nitrogen and oxygen atoms in total. The molecule has 0 radical (unpaired) electrons. The zero-order valence-corrected chi connectivity index (χ0v) is 29.7. The minimum absolute atomic E-state index is 0.142. The topological polar surface area (TPSA) is 64.7 Å². The van der Waals surface area contributed by atoms with Crippen LogP contribution >= 0.6 is 0 Å². The molecule has 0 spiro atoms. The van der Waals surface area contributed by atoms with Crippen LogP contribution in [0.15, 0.2) is 162 Å². The minimum atomic E-state index is -0.142.